The highest BCUT2D eigenvalue weighted by Crippen LogP contribution is 2.23. The molecule has 0 bridgehead atoms. The van der Waals surface area contributed by atoms with Gasteiger partial charge in [-0.15, -0.1) is 0 Å². The van der Waals surface area contributed by atoms with E-state index in [0.717, 1.165) is 18.9 Å². The van der Waals surface area contributed by atoms with E-state index in [2.05, 4.69) is 49.7 Å². The average Bonchev–Trinajstić information content (AvgIpc) is 2.46. The highest BCUT2D eigenvalue weighted by molar-refractivity contribution is 5.82. The molecule has 2 heterocycles. The summed E-state index contributed by atoms with van der Waals surface area (Å²) in [6, 6.07) is 4.04. The van der Waals surface area contributed by atoms with Gasteiger partial charge in [-0.1, -0.05) is 19.9 Å². The Morgan fingerprint density at radius 1 is 1.23 bits per heavy atom. The Bertz CT molecular complexity index is 500. The molecule has 0 spiro atoms. The van der Waals surface area contributed by atoms with Crippen molar-refractivity contribution in [2.75, 3.05) is 18.0 Å². The van der Waals surface area contributed by atoms with Gasteiger partial charge < -0.3 is 15.5 Å². The van der Waals surface area contributed by atoms with Crippen LogP contribution >= 0.6 is 0 Å². The van der Waals surface area contributed by atoms with Crippen LogP contribution < -0.4 is 10.6 Å². The minimum atomic E-state index is -0.445. The maximum absolute atomic E-state index is 12.2. The van der Waals surface area contributed by atoms with Gasteiger partial charge in [-0.3, -0.25) is 4.79 Å². The second-order valence-electron chi connectivity index (χ2n) is 6.74. The van der Waals surface area contributed by atoms with Crippen LogP contribution in [0.1, 0.15) is 46.1 Å². The third kappa shape index (κ3) is 3.40. The summed E-state index contributed by atoms with van der Waals surface area (Å²) in [5.41, 5.74) is 7.01. The molecule has 2 N–H and O–H groups in total. The number of nitrogens with zero attached hydrogens (tertiary/aromatic N) is 3. The SMILES string of the molecule is CC(N)C(=O)N1C(C)CN(c2ccc(C(C)C)cn2)CC1C. The maximum atomic E-state index is 12.2. The minimum absolute atomic E-state index is 0.0303. The molecule has 1 amide bonds. The van der Waals surface area contributed by atoms with Crippen LogP contribution in [0, 0.1) is 0 Å². The van der Waals surface area contributed by atoms with Gasteiger partial charge in [0.15, 0.2) is 0 Å². The largest absolute Gasteiger partial charge is 0.353 e. The summed E-state index contributed by atoms with van der Waals surface area (Å²) in [4.78, 5) is 21.0. The smallest absolute Gasteiger partial charge is 0.239 e. The lowest BCUT2D eigenvalue weighted by atomic mass is 10.0. The summed E-state index contributed by atoms with van der Waals surface area (Å²) in [6.45, 7) is 11.8. The Labute approximate surface area is 133 Å². The van der Waals surface area contributed by atoms with Gasteiger partial charge in [-0.05, 0) is 38.3 Å². The van der Waals surface area contributed by atoms with E-state index in [0.29, 0.717) is 5.92 Å². The third-order valence-corrected chi connectivity index (χ3v) is 4.32. The lowest BCUT2D eigenvalue weighted by Crippen LogP contribution is -2.61. The predicted octanol–water partition coefficient (Wildman–Crippen LogP) is 1.98. The lowest BCUT2D eigenvalue weighted by Gasteiger charge is -2.45. The first-order valence-corrected chi connectivity index (χ1v) is 8.10. The fourth-order valence-electron chi connectivity index (χ4n) is 3.11. The summed E-state index contributed by atoms with van der Waals surface area (Å²) >= 11 is 0. The van der Waals surface area contributed by atoms with Crippen LogP contribution in [0.4, 0.5) is 5.82 Å². The zero-order chi connectivity index (χ0) is 16.4. The van der Waals surface area contributed by atoms with Crippen molar-refractivity contribution in [2.24, 2.45) is 5.73 Å². The zero-order valence-corrected chi connectivity index (χ0v) is 14.3. The molecule has 1 aliphatic rings. The molecular weight excluding hydrogens is 276 g/mol. The van der Waals surface area contributed by atoms with E-state index in [-0.39, 0.29) is 18.0 Å². The maximum Gasteiger partial charge on any atom is 0.239 e. The van der Waals surface area contributed by atoms with Crippen LogP contribution in [0.25, 0.3) is 0 Å². The van der Waals surface area contributed by atoms with E-state index in [4.69, 9.17) is 5.73 Å². The van der Waals surface area contributed by atoms with E-state index < -0.39 is 6.04 Å². The average molecular weight is 304 g/mol. The molecule has 0 radical (unpaired) electrons. The number of nitrogens with two attached hydrogens (primary N) is 1. The topological polar surface area (TPSA) is 62.5 Å². The summed E-state index contributed by atoms with van der Waals surface area (Å²) in [5, 5.41) is 0. The quantitative estimate of drug-likeness (QED) is 0.927. The van der Waals surface area contributed by atoms with Crippen molar-refractivity contribution in [2.45, 2.75) is 58.7 Å². The number of anilines is 1. The van der Waals surface area contributed by atoms with Gasteiger partial charge in [0.25, 0.3) is 0 Å². The number of carbonyl (C=O) groups is 1. The van der Waals surface area contributed by atoms with E-state index in [1.807, 2.05) is 11.1 Å². The molecule has 22 heavy (non-hydrogen) atoms. The molecule has 3 unspecified atom stereocenters. The highest BCUT2D eigenvalue weighted by atomic mass is 16.2. The molecule has 0 aromatic carbocycles. The van der Waals surface area contributed by atoms with Crippen molar-refractivity contribution < 1.29 is 4.79 Å². The Kier molecular flexibility index (Phi) is 5.06. The second-order valence-corrected chi connectivity index (χ2v) is 6.74. The van der Waals surface area contributed by atoms with Crippen molar-refractivity contribution >= 4 is 11.7 Å². The minimum Gasteiger partial charge on any atom is -0.353 e. The van der Waals surface area contributed by atoms with Crippen molar-refractivity contribution in [3.05, 3.63) is 23.9 Å². The van der Waals surface area contributed by atoms with Gasteiger partial charge in [-0.25, -0.2) is 4.98 Å². The van der Waals surface area contributed by atoms with Crippen LogP contribution in [0.2, 0.25) is 0 Å². The Morgan fingerprint density at radius 3 is 2.23 bits per heavy atom. The van der Waals surface area contributed by atoms with Gasteiger partial charge in [0.2, 0.25) is 5.91 Å². The molecule has 1 fully saturated rings. The van der Waals surface area contributed by atoms with Crippen molar-refractivity contribution in [1.82, 2.24) is 9.88 Å². The molecule has 0 saturated carbocycles. The summed E-state index contributed by atoms with van der Waals surface area (Å²) in [6.07, 6.45) is 1.95. The highest BCUT2D eigenvalue weighted by Gasteiger charge is 2.34. The molecular formula is C17H28N4O. The predicted molar refractivity (Wildman–Crippen MR) is 90.0 cm³/mol. The fourth-order valence-corrected chi connectivity index (χ4v) is 3.11. The first kappa shape index (κ1) is 16.7. The van der Waals surface area contributed by atoms with Gasteiger partial charge in [0.05, 0.1) is 6.04 Å². The van der Waals surface area contributed by atoms with Crippen molar-refractivity contribution in [3.8, 4) is 0 Å². The molecule has 1 aromatic heterocycles. The van der Waals surface area contributed by atoms with Gasteiger partial charge in [-0.2, -0.15) is 0 Å². The first-order valence-electron chi connectivity index (χ1n) is 8.10. The number of carbonyl (C=O) groups excluding carboxylic acids is 1. The third-order valence-electron chi connectivity index (χ3n) is 4.32. The van der Waals surface area contributed by atoms with Gasteiger partial charge >= 0.3 is 0 Å². The molecule has 122 valence electrons. The fraction of sp³-hybridized carbons (Fsp3) is 0.647. The number of piperazine rings is 1. The van der Waals surface area contributed by atoms with Crippen molar-refractivity contribution in [1.29, 1.82) is 0 Å². The number of aromatic nitrogens is 1. The first-order chi connectivity index (χ1) is 10.3. The number of amides is 1. The van der Waals surface area contributed by atoms with Crippen LogP contribution in [0.3, 0.4) is 0 Å². The molecule has 5 heteroatoms. The monoisotopic (exact) mass is 304 g/mol. The molecule has 1 aromatic rings. The molecule has 1 saturated heterocycles. The lowest BCUT2D eigenvalue weighted by molar-refractivity contribution is -0.137. The molecule has 2 rings (SSSR count). The van der Waals surface area contributed by atoms with E-state index >= 15 is 0 Å². The molecule has 5 nitrogen and oxygen atoms in total. The van der Waals surface area contributed by atoms with Crippen molar-refractivity contribution in [3.63, 3.8) is 0 Å². The summed E-state index contributed by atoms with van der Waals surface area (Å²) < 4.78 is 0. The normalized spacial score (nSPS) is 23.8. The summed E-state index contributed by atoms with van der Waals surface area (Å²) in [5.74, 6) is 1.50. The van der Waals surface area contributed by atoms with Crippen LogP contribution in [0.15, 0.2) is 18.3 Å². The van der Waals surface area contributed by atoms with E-state index in [1.165, 1.54) is 5.56 Å². The number of rotatable bonds is 3. The Hall–Kier alpha value is -1.62. The number of pyridine rings is 1. The number of hydrogen-bond donors (Lipinski definition) is 1. The van der Waals surface area contributed by atoms with Crippen LogP contribution in [-0.4, -0.2) is 47.0 Å². The van der Waals surface area contributed by atoms with Crippen LogP contribution in [-0.2, 0) is 4.79 Å². The zero-order valence-electron chi connectivity index (χ0n) is 14.3. The molecule has 3 atom stereocenters. The van der Waals surface area contributed by atoms with E-state index in [9.17, 15) is 4.79 Å². The van der Waals surface area contributed by atoms with Gasteiger partial charge in [0, 0.05) is 31.4 Å². The molecule has 1 aliphatic heterocycles. The summed E-state index contributed by atoms with van der Waals surface area (Å²) in [7, 11) is 0. The Morgan fingerprint density at radius 2 is 1.82 bits per heavy atom. The standard InChI is InChI=1S/C17H28N4O/c1-11(2)15-6-7-16(19-8-15)20-9-12(3)21(13(4)10-20)17(22)14(5)18/h6-8,11-14H,9-10,18H2,1-5H3. The van der Waals surface area contributed by atoms with Gasteiger partial charge in [0.1, 0.15) is 5.82 Å². The molecule has 0 aliphatic carbocycles. The van der Waals surface area contributed by atoms with E-state index in [1.54, 1.807) is 6.92 Å². The number of hydrogen-bond acceptors (Lipinski definition) is 4. The van der Waals surface area contributed by atoms with Crippen LogP contribution in [0.5, 0.6) is 0 Å². The second kappa shape index (κ2) is 6.65. The Balaban J connectivity index is 2.12.